The number of nitrogens with zero attached hydrogens (tertiary/aromatic N) is 3. The van der Waals surface area contributed by atoms with E-state index in [0.29, 0.717) is 18.9 Å². The lowest BCUT2D eigenvalue weighted by Gasteiger charge is -2.11. The van der Waals surface area contributed by atoms with E-state index in [2.05, 4.69) is 25.8 Å². The van der Waals surface area contributed by atoms with Crippen molar-refractivity contribution in [3.05, 3.63) is 47.4 Å². The Labute approximate surface area is 147 Å². The lowest BCUT2D eigenvalue weighted by Crippen LogP contribution is -2.38. The van der Waals surface area contributed by atoms with Crippen molar-refractivity contribution in [2.24, 2.45) is 4.99 Å². The van der Waals surface area contributed by atoms with E-state index in [-0.39, 0.29) is 11.7 Å². The lowest BCUT2D eigenvalue weighted by atomic mass is 10.1. The summed E-state index contributed by atoms with van der Waals surface area (Å²) in [6.45, 7) is 8.13. The molecule has 1 heterocycles. The third-order valence-corrected chi connectivity index (χ3v) is 3.56. The summed E-state index contributed by atoms with van der Waals surface area (Å²) in [5.74, 6) is 2.12. The van der Waals surface area contributed by atoms with Crippen LogP contribution in [0.1, 0.15) is 44.0 Å². The van der Waals surface area contributed by atoms with Gasteiger partial charge in [0.05, 0.1) is 6.54 Å². The zero-order chi connectivity index (χ0) is 18.1. The van der Waals surface area contributed by atoms with Crippen molar-refractivity contribution in [1.82, 2.24) is 20.8 Å². The summed E-state index contributed by atoms with van der Waals surface area (Å²) in [7, 11) is 0. The molecule has 0 saturated heterocycles. The van der Waals surface area contributed by atoms with Gasteiger partial charge in [-0.25, -0.2) is 4.39 Å². The smallest absolute Gasteiger partial charge is 0.228 e. The Kier molecular flexibility index (Phi) is 7.37. The normalized spacial score (nSPS) is 11.8. The van der Waals surface area contributed by atoms with Gasteiger partial charge in [0.2, 0.25) is 5.89 Å². The molecule has 0 radical (unpaired) electrons. The summed E-state index contributed by atoms with van der Waals surface area (Å²) >= 11 is 0. The Balaban J connectivity index is 1.79. The number of aliphatic imine (C=N–C) groups is 1. The number of hydrogen-bond donors (Lipinski definition) is 2. The third kappa shape index (κ3) is 6.52. The van der Waals surface area contributed by atoms with Gasteiger partial charge in [-0.3, -0.25) is 4.99 Å². The first-order chi connectivity index (χ1) is 12.1. The topological polar surface area (TPSA) is 75.3 Å². The van der Waals surface area contributed by atoms with E-state index in [1.807, 2.05) is 20.8 Å². The van der Waals surface area contributed by atoms with Gasteiger partial charge in [0, 0.05) is 25.4 Å². The number of rotatable bonds is 8. The van der Waals surface area contributed by atoms with Crippen LogP contribution in [-0.4, -0.2) is 35.7 Å². The third-order valence-electron chi connectivity index (χ3n) is 3.56. The predicted molar refractivity (Wildman–Crippen MR) is 96.2 cm³/mol. The van der Waals surface area contributed by atoms with Crippen LogP contribution in [0.2, 0.25) is 0 Å². The standard InChI is InChI=1S/C18H26FN5O/c1-4-20-18(21-11-9-14-5-7-15(19)8-6-14)22-12-10-16-23-17(13(2)3)24-25-16/h5-8,13H,4,9-12H2,1-3H3,(H2,20,21,22). The van der Waals surface area contributed by atoms with E-state index in [9.17, 15) is 4.39 Å². The molecule has 0 aliphatic rings. The molecule has 6 nitrogen and oxygen atoms in total. The quantitative estimate of drug-likeness (QED) is 0.567. The Hall–Kier alpha value is -2.44. The molecule has 1 aromatic carbocycles. The predicted octanol–water partition coefficient (Wildman–Crippen LogP) is 2.67. The molecule has 0 unspecified atom stereocenters. The number of halogens is 1. The summed E-state index contributed by atoms with van der Waals surface area (Å²) in [6.07, 6.45) is 1.40. The Morgan fingerprint density at radius 1 is 1.20 bits per heavy atom. The SMILES string of the molecule is CCNC(=NCCc1nc(C(C)C)no1)NCCc1ccc(F)cc1. The Morgan fingerprint density at radius 2 is 1.96 bits per heavy atom. The lowest BCUT2D eigenvalue weighted by molar-refractivity contribution is 0.372. The van der Waals surface area contributed by atoms with Gasteiger partial charge in [-0.15, -0.1) is 0 Å². The minimum atomic E-state index is -0.215. The molecule has 1 aromatic heterocycles. The highest BCUT2D eigenvalue weighted by atomic mass is 19.1. The molecule has 0 aliphatic carbocycles. The zero-order valence-corrected chi connectivity index (χ0v) is 15.1. The van der Waals surface area contributed by atoms with Crippen LogP contribution in [0, 0.1) is 5.82 Å². The van der Waals surface area contributed by atoms with E-state index in [1.54, 1.807) is 12.1 Å². The van der Waals surface area contributed by atoms with Crippen LogP contribution in [-0.2, 0) is 12.8 Å². The largest absolute Gasteiger partial charge is 0.357 e. The van der Waals surface area contributed by atoms with Crippen molar-refractivity contribution in [2.45, 2.75) is 39.5 Å². The van der Waals surface area contributed by atoms with Crippen LogP contribution in [0.3, 0.4) is 0 Å². The Morgan fingerprint density at radius 3 is 2.60 bits per heavy atom. The molecule has 2 rings (SSSR count). The first-order valence-corrected chi connectivity index (χ1v) is 8.67. The van der Waals surface area contributed by atoms with Gasteiger partial charge < -0.3 is 15.2 Å². The van der Waals surface area contributed by atoms with Crippen molar-refractivity contribution in [3.8, 4) is 0 Å². The van der Waals surface area contributed by atoms with Gasteiger partial charge in [0.1, 0.15) is 5.82 Å². The molecule has 0 spiro atoms. The highest BCUT2D eigenvalue weighted by Crippen LogP contribution is 2.09. The number of guanidine groups is 1. The second-order valence-electron chi connectivity index (χ2n) is 6.01. The van der Waals surface area contributed by atoms with E-state index >= 15 is 0 Å². The minimum Gasteiger partial charge on any atom is -0.357 e. The molecule has 0 bridgehead atoms. The summed E-state index contributed by atoms with van der Waals surface area (Å²) in [5, 5.41) is 10.4. The van der Waals surface area contributed by atoms with Crippen LogP contribution < -0.4 is 10.6 Å². The number of benzene rings is 1. The molecule has 7 heteroatoms. The molecule has 0 fully saturated rings. The highest BCUT2D eigenvalue weighted by Gasteiger charge is 2.09. The number of aromatic nitrogens is 2. The monoisotopic (exact) mass is 347 g/mol. The van der Waals surface area contributed by atoms with E-state index in [0.717, 1.165) is 36.9 Å². The van der Waals surface area contributed by atoms with Crippen molar-refractivity contribution in [2.75, 3.05) is 19.6 Å². The van der Waals surface area contributed by atoms with Crippen LogP contribution in [0.5, 0.6) is 0 Å². The van der Waals surface area contributed by atoms with E-state index in [1.165, 1.54) is 12.1 Å². The minimum absolute atomic E-state index is 0.215. The first-order valence-electron chi connectivity index (χ1n) is 8.67. The van der Waals surface area contributed by atoms with Crippen molar-refractivity contribution in [3.63, 3.8) is 0 Å². The molecular weight excluding hydrogens is 321 g/mol. The molecule has 0 aliphatic heterocycles. The average molecular weight is 347 g/mol. The first kappa shape index (κ1) is 18.9. The second kappa shape index (κ2) is 9.76. The fraction of sp³-hybridized carbons (Fsp3) is 0.500. The zero-order valence-electron chi connectivity index (χ0n) is 15.1. The summed E-state index contributed by atoms with van der Waals surface area (Å²) < 4.78 is 18.1. The second-order valence-corrected chi connectivity index (χ2v) is 6.01. The summed E-state index contributed by atoms with van der Waals surface area (Å²) in [6, 6.07) is 6.54. The highest BCUT2D eigenvalue weighted by molar-refractivity contribution is 5.79. The van der Waals surface area contributed by atoms with Gasteiger partial charge in [0.15, 0.2) is 11.8 Å². The molecular formula is C18H26FN5O. The van der Waals surface area contributed by atoms with Crippen molar-refractivity contribution < 1.29 is 8.91 Å². The Bertz CT molecular complexity index is 666. The maximum Gasteiger partial charge on any atom is 0.228 e. The van der Waals surface area contributed by atoms with Gasteiger partial charge in [0.25, 0.3) is 0 Å². The maximum absolute atomic E-state index is 12.9. The van der Waals surface area contributed by atoms with Crippen molar-refractivity contribution in [1.29, 1.82) is 0 Å². The molecule has 0 atom stereocenters. The molecule has 2 N–H and O–H groups in total. The van der Waals surface area contributed by atoms with Gasteiger partial charge in [-0.1, -0.05) is 31.1 Å². The van der Waals surface area contributed by atoms with Crippen LogP contribution in [0.4, 0.5) is 4.39 Å². The fourth-order valence-corrected chi connectivity index (χ4v) is 2.19. The van der Waals surface area contributed by atoms with Crippen LogP contribution in [0.25, 0.3) is 0 Å². The summed E-state index contributed by atoms with van der Waals surface area (Å²) in [4.78, 5) is 8.86. The number of hydrogen-bond acceptors (Lipinski definition) is 4. The maximum atomic E-state index is 12.9. The molecule has 2 aromatic rings. The van der Waals surface area contributed by atoms with Gasteiger partial charge >= 0.3 is 0 Å². The van der Waals surface area contributed by atoms with Crippen LogP contribution in [0.15, 0.2) is 33.8 Å². The van der Waals surface area contributed by atoms with Crippen molar-refractivity contribution >= 4 is 5.96 Å². The average Bonchev–Trinajstić information content (AvgIpc) is 3.06. The van der Waals surface area contributed by atoms with Crippen LogP contribution >= 0.6 is 0 Å². The van der Waals surface area contributed by atoms with Gasteiger partial charge in [-0.05, 0) is 31.0 Å². The molecule has 136 valence electrons. The van der Waals surface area contributed by atoms with Gasteiger partial charge in [-0.2, -0.15) is 4.98 Å². The molecule has 0 amide bonds. The summed E-state index contributed by atoms with van der Waals surface area (Å²) in [5.41, 5.74) is 1.08. The molecule has 25 heavy (non-hydrogen) atoms. The molecule has 0 saturated carbocycles. The van der Waals surface area contributed by atoms with E-state index in [4.69, 9.17) is 4.52 Å². The van der Waals surface area contributed by atoms with E-state index < -0.39 is 0 Å². The fourth-order valence-electron chi connectivity index (χ4n) is 2.19. The number of nitrogens with one attached hydrogen (secondary N) is 2.